The third kappa shape index (κ3) is 4.66. The summed E-state index contributed by atoms with van der Waals surface area (Å²) in [6.45, 7) is 3.05. The van der Waals surface area contributed by atoms with Crippen molar-refractivity contribution in [1.82, 2.24) is 4.90 Å². The summed E-state index contributed by atoms with van der Waals surface area (Å²) < 4.78 is 5.39. The van der Waals surface area contributed by atoms with Crippen molar-refractivity contribution in [2.45, 2.75) is 6.61 Å². The van der Waals surface area contributed by atoms with Crippen LogP contribution in [0.15, 0.2) is 54.6 Å². The zero-order valence-corrected chi connectivity index (χ0v) is 14.5. The number of hydrogen-bond acceptors (Lipinski definition) is 4. The molecule has 1 aliphatic heterocycles. The molecule has 0 unspecified atom stereocenters. The Kier molecular flexibility index (Phi) is 5.58. The standard InChI is InChI=1S/C19H23N5O2/c20-18(21)22-16-6-8-17(9-7-16)23-10-12-24(13-11-23)19(25)26-14-15-4-2-1-3-5-15/h1-9H,10-14H2,(H4,20,21,22). The van der Waals surface area contributed by atoms with Gasteiger partial charge in [-0.1, -0.05) is 30.3 Å². The van der Waals surface area contributed by atoms with Crippen LogP contribution >= 0.6 is 0 Å². The number of anilines is 2. The Bertz CT molecular complexity index is 740. The smallest absolute Gasteiger partial charge is 0.410 e. The van der Waals surface area contributed by atoms with Gasteiger partial charge in [-0.2, -0.15) is 0 Å². The van der Waals surface area contributed by atoms with E-state index in [1.54, 1.807) is 4.90 Å². The maximum Gasteiger partial charge on any atom is 0.410 e. The van der Waals surface area contributed by atoms with Gasteiger partial charge in [-0.25, -0.2) is 4.79 Å². The second kappa shape index (κ2) is 8.24. The lowest BCUT2D eigenvalue weighted by Crippen LogP contribution is -2.48. The van der Waals surface area contributed by atoms with Crippen molar-refractivity contribution in [3.8, 4) is 0 Å². The largest absolute Gasteiger partial charge is 0.445 e. The molecule has 1 heterocycles. The summed E-state index contributed by atoms with van der Waals surface area (Å²) >= 11 is 0. The number of rotatable bonds is 4. The number of hydrogen-bond donors (Lipinski definition) is 3. The number of piperazine rings is 1. The highest BCUT2D eigenvalue weighted by molar-refractivity contribution is 5.89. The van der Waals surface area contributed by atoms with Gasteiger partial charge >= 0.3 is 6.09 Å². The van der Waals surface area contributed by atoms with Crippen molar-refractivity contribution in [1.29, 1.82) is 5.41 Å². The number of nitrogens with two attached hydrogens (primary N) is 1. The Labute approximate surface area is 152 Å². The molecule has 0 spiro atoms. The fraction of sp³-hybridized carbons (Fsp3) is 0.263. The Morgan fingerprint density at radius 2 is 1.69 bits per heavy atom. The minimum atomic E-state index is -0.269. The summed E-state index contributed by atoms with van der Waals surface area (Å²) in [7, 11) is 0. The molecule has 0 bridgehead atoms. The highest BCUT2D eigenvalue weighted by atomic mass is 16.6. The van der Waals surface area contributed by atoms with Crippen molar-refractivity contribution < 1.29 is 9.53 Å². The summed E-state index contributed by atoms with van der Waals surface area (Å²) in [4.78, 5) is 16.2. The van der Waals surface area contributed by atoms with E-state index in [4.69, 9.17) is 15.9 Å². The van der Waals surface area contributed by atoms with E-state index in [-0.39, 0.29) is 12.1 Å². The third-order valence-electron chi connectivity index (χ3n) is 4.25. The Hall–Kier alpha value is -3.22. The number of carbonyl (C=O) groups is 1. The number of carbonyl (C=O) groups excluding carboxylic acids is 1. The maximum atomic E-state index is 12.2. The number of amides is 1. The summed E-state index contributed by atoms with van der Waals surface area (Å²) in [5, 5.41) is 10.00. The lowest BCUT2D eigenvalue weighted by molar-refractivity contribution is 0.0942. The van der Waals surface area contributed by atoms with Crippen LogP contribution < -0.4 is 16.0 Å². The average Bonchev–Trinajstić information content (AvgIpc) is 2.67. The van der Waals surface area contributed by atoms with Gasteiger partial charge in [0.25, 0.3) is 0 Å². The molecule has 7 heteroatoms. The number of nitrogens with one attached hydrogen (secondary N) is 2. The van der Waals surface area contributed by atoms with Crippen LogP contribution in [-0.2, 0) is 11.3 Å². The van der Waals surface area contributed by atoms with E-state index in [1.165, 1.54) is 0 Å². The predicted molar refractivity (Wildman–Crippen MR) is 102 cm³/mol. The Morgan fingerprint density at radius 1 is 1.04 bits per heavy atom. The molecule has 136 valence electrons. The molecule has 2 aromatic carbocycles. The van der Waals surface area contributed by atoms with E-state index in [9.17, 15) is 4.79 Å². The van der Waals surface area contributed by atoms with Crippen molar-refractivity contribution in [2.75, 3.05) is 36.4 Å². The first-order valence-electron chi connectivity index (χ1n) is 8.53. The first kappa shape index (κ1) is 17.6. The SMILES string of the molecule is N=C(N)Nc1ccc(N2CCN(C(=O)OCc3ccccc3)CC2)cc1. The molecule has 3 rings (SSSR count). The normalized spacial score (nSPS) is 14.0. The Balaban J connectivity index is 1.47. The summed E-state index contributed by atoms with van der Waals surface area (Å²) in [5.74, 6) is -0.0830. The van der Waals surface area contributed by atoms with E-state index in [0.717, 1.165) is 30.0 Å². The zero-order chi connectivity index (χ0) is 18.4. The molecule has 7 nitrogen and oxygen atoms in total. The molecule has 1 amide bonds. The molecule has 1 fully saturated rings. The number of ether oxygens (including phenoxy) is 1. The molecule has 0 saturated carbocycles. The predicted octanol–water partition coefficient (Wildman–Crippen LogP) is 2.45. The third-order valence-corrected chi connectivity index (χ3v) is 4.25. The van der Waals surface area contributed by atoms with Crippen LogP contribution in [-0.4, -0.2) is 43.1 Å². The van der Waals surface area contributed by atoms with Crippen molar-refractivity contribution in [3.63, 3.8) is 0 Å². The molecule has 1 saturated heterocycles. The number of guanidine groups is 1. The molecule has 0 radical (unpaired) electrons. The van der Waals surface area contributed by atoms with Crippen LogP contribution in [0.4, 0.5) is 16.2 Å². The van der Waals surface area contributed by atoms with Gasteiger partial charge in [0.1, 0.15) is 6.61 Å². The lowest BCUT2D eigenvalue weighted by atomic mass is 10.2. The van der Waals surface area contributed by atoms with Gasteiger partial charge in [0.2, 0.25) is 0 Å². The molecule has 26 heavy (non-hydrogen) atoms. The van der Waals surface area contributed by atoms with Crippen molar-refractivity contribution in [3.05, 3.63) is 60.2 Å². The molecule has 0 aromatic heterocycles. The van der Waals surface area contributed by atoms with Gasteiger partial charge < -0.3 is 25.6 Å². The molecule has 4 N–H and O–H groups in total. The van der Waals surface area contributed by atoms with Crippen molar-refractivity contribution >= 4 is 23.4 Å². The number of nitrogens with zero attached hydrogens (tertiary/aromatic N) is 2. The fourth-order valence-electron chi connectivity index (χ4n) is 2.87. The van der Waals surface area contributed by atoms with E-state index in [0.29, 0.717) is 19.7 Å². The van der Waals surface area contributed by atoms with Crippen LogP contribution in [0.3, 0.4) is 0 Å². The lowest BCUT2D eigenvalue weighted by Gasteiger charge is -2.35. The van der Waals surface area contributed by atoms with Crippen molar-refractivity contribution in [2.24, 2.45) is 5.73 Å². The monoisotopic (exact) mass is 353 g/mol. The zero-order valence-electron chi connectivity index (χ0n) is 14.5. The van der Waals surface area contributed by atoms with Crippen LogP contribution in [0.5, 0.6) is 0 Å². The first-order chi connectivity index (χ1) is 12.6. The van der Waals surface area contributed by atoms with E-state index >= 15 is 0 Å². The molecule has 0 aliphatic carbocycles. The Morgan fingerprint density at radius 3 is 2.31 bits per heavy atom. The topological polar surface area (TPSA) is 94.7 Å². The summed E-state index contributed by atoms with van der Waals surface area (Å²) in [5.41, 5.74) is 8.17. The quantitative estimate of drug-likeness (QED) is 0.580. The van der Waals surface area contributed by atoms with Gasteiger partial charge in [-0.05, 0) is 29.8 Å². The van der Waals surface area contributed by atoms with Crippen LogP contribution in [0, 0.1) is 5.41 Å². The summed E-state index contributed by atoms with van der Waals surface area (Å²) in [6.07, 6.45) is -0.269. The van der Waals surface area contributed by atoms with Gasteiger partial charge in [0, 0.05) is 37.6 Å². The maximum absolute atomic E-state index is 12.2. The van der Waals surface area contributed by atoms with E-state index in [2.05, 4.69) is 10.2 Å². The van der Waals surface area contributed by atoms with Crippen LogP contribution in [0.25, 0.3) is 0 Å². The minimum Gasteiger partial charge on any atom is -0.445 e. The van der Waals surface area contributed by atoms with Crippen LogP contribution in [0.2, 0.25) is 0 Å². The molecule has 1 aliphatic rings. The summed E-state index contributed by atoms with van der Waals surface area (Å²) in [6, 6.07) is 17.4. The highest BCUT2D eigenvalue weighted by Crippen LogP contribution is 2.19. The van der Waals surface area contributed by atoms with Gasteiger partial charge in [0.15, 0.2) is 5.96 Å². The highest BCUT2D eigenvalue weighted by Gasteiger charge is 2.22. The van der Waals surface area contributed by atoms with Gasteiger partial charge in [-0.3, -0.25) is 5.41 Å². The number of benzene rings is 2. The van der Waals surface area contributed by atoms with E-state index in [1.807, 2.05) is 54.6 Å². The average molecular weight is 353 g/mol. The second-order valence-electron chi connectivity index (χ2n) is 6.10. The molecular formula is C19H23N5O2. The fourth-order valence-corrected chi connectivity index (χ4v) is 2.87. The first-order valence-corrected chi connectivity index (χ1v) is 8.53. The van der Waals surface area contributed by atoms with Gasteiger partial charge in [-0.15, -0.1) is 0 Å². The van der Waals surface area contributed by atoms with E-state index < -0.39 is 0 Å². The molecule has 0 atom stereocenters. The second-order valence-corrected chi connectivity index (χ2v) is 6.10. The molecular weight excluding hydrogens is 330 g/mol. The van der Waals surface area contributed by atoms with Crippen LogP contribution in [0.1, 0.15) is 5.56 Å². The minimum absolute atomic E-state index is 0.0830. The molecule has 2 aromatic rings. The van der Waals surface area contributed by atoms with Gasteiger partial charge in [0.05, 0.1) is 0 Å².